The van der Waals surface area contributed by atoms with E-state index >= 15 is 0 Å². The quantitative estimate of drug-likeness (QED) is 0.0670. The molecule has 9 rings (SSSR count). The molecule has 0 aromatic heterocycles. The standard InChI is InChI=1S/C50H34O5/c1-3-31-32(4-2)42(26-29-14-5-6-16-33(29)31)36-18-8-7-17-34(36)35-23-13-15-28-24-25-30(27-41(28)35)43-37-19-9-11-21-39(37)44(40-22-12-10-20-38(40)43)45-46(51)48(53)50(55)49(54)47(45)52/h3-27,51-55H,1-2H2. The Bertz CT molecular complexity index is 3000. The molecule has 5 nitrogen and oxygen atoms in total. The van der Waals surface area contributed by atoms with Crippen molar-refractivity contribution in [1.82, 2.24) is 0 Å². The average molecular weight is 715 g/mol. The molecule has 0 spiro atoms. The highest BCUT2D eigenvalue weighted by Crippen LogP contribution is 2.58. The van der Waals surface area contributed by atoms with Crippen LogP contribution in [0.15, 0.2) is 153 Å². The molecule has 0 saturated carbocycles. The van der Waals surface area contributed by atoms with E-state index in [-0.39, 0.29) is 5.56 Å². The predicted molar refractivity (Wildman–Crippen MR) is 227 cm³/mol. The molecule has 0 heterocycles. The molecule has 9 aromatic carbocycles. The molecule has 0 bridgehead atoms. The lowest BCUT2D eigenvalue weighted by Crippen LogP contribution is -1.94. The summed E-state index contributed by atoms with van der Waals surface area (Å²) in [5.41, 5.74) is 8.44. The van der Waals surface area contributed by atoms with E-state index in [1.807, 2.05) is 66.7 Å². The zero-order chi connectivity index (χ0) is 38.0. The summed E-state index contributed by atoms with van der Waals surface area (Å²) in [7, 11) is 0. The maximum absolute atomic E-state index is 11.1. The summed E-state index contributed by atoms with van der Waals surface area (Å²) in [6, 6.07) is 47.1. The predicted octanol–water partition coefficient (Wildman–Crippen LogP) is 12.8. The molecule has 0 aliphatic carbocycles. The molecule has 55 heavy (non-hydrogen) atoms. The van der Waals surface area contributed by atoms with Crippen molar-refractivity contribution in [3.63, 3.8) is 0 Å². The fourth-order valence-electron chi connectivity index (χ4n) is 8.30. The van der Waals surface area contributed by atoms with E-state index in [4.69, 9.17) is 0 Å². The highest BCUT2D eigenvalue weighted by atomic mass is 16.4. The summed E-state index contributed by atoms with van der Waals surface area (Å²) in [5.74, 6) is -4.32. The van der Waals surface area contributed by atoms with Gasteiger partial charge in [0, 0.05) is 5.56 Å². The highest BCUT2D eigenvalue weighted by Gasteiger charge is 2.28. The van der Waals surface area contributed by atoms with Crippen LogP contribution in [0.2, 0.25) is 0 Å². The fourth-order valence-corrected chi connectivity index (χ4v) is 8.30. The van der Waals surface area contributed by atoms with E-state index in [2.05, 4.69) is 98.1 Å². The van der Waals surface area contributed by atoms with Gasteiger partial charge >= 0.3 is 0 Å². The van der Waals surface area contributed by atoms with Crippen LogP contribution in [0.1, 0.15) is 11.1 Å². The van der Waals surface area contributed by atoms with Crippen molar-refractivity contribution in [2.45, 2.75) is 0 Å². The third kappa shape index (κ3) is 5.02. The minimum Gasteiger partial charge on any atom is -0.504 e. The zero-order valence-corrected chi connectivity index (χ0v) is 29.6. The van der Waals surface area contributed by atoms with Gasteiger partial charge in [-0.25, -0.2) is 0 Å². The molecule has 0 saturated heterocycles. The third-order valence-corrected chi connectivity index (χ3v) is 10.8. The smallest absolute Gasteiger partial charge is 0.208 e. The van der Waals surface area contributed by atoms with Crippen molar-refractivity contribution in [3.8, 4) is 73.3 Å². The fraction of sp³-hybridized carbons (Fsp3) is 0. The van der Waals surface area contributed by atoms with Crippen molar-refractivity contribution in [3.05, 3.63) is 164 Å². The largest absolute Gasteiger partial charge is 0.504 e. The van der Waals surface area contributed by atoms with Gasteiger partial charge in [0.25, 0.3) is 0 Å². The van der Waals surface area contributed by atoms with Crippen molar-refractivity contribution in [2.75, 3.05) is 0 Å². The lowest BCUT2D eigenvalue weighted by Gasteiger charge is -2.20. The van der Waals surface area contributed by atoms with Gasteiger partial charge in [-0.3, -0.25) is 0 Å². The molecule has 0 atom stereocenters. The van der Waals surface area contributed by atoms with Crippen LogP contribution in [0.25, 0.3) is 99.7 Å². The monoisotopic (exact) mass is 714 g/mol. The van der Waals surface area contributed by atoms with Crippen molar-refractivity contribution < 1.29 is 25.5 Å². The summed E-state index contributed by atoms with van der Waals surface area (Å²) in [6.07, 6.45) is 3.82. The minimum atomic E-state index is -1.00. The number of hydrogen-bond donors (Lipinski definition) is 5. The van der Waals surface area contributed by atoms with Crippen LogP contribution in [-0.4, -0.2) is 25.5 Å². The molecule has 0 unspecified atom stereocenters. The Kier molecular flexibility index (Phi) is 7.80. The molecule has 0 fully saturated rings. The number of phenols is 5. The molecule has 0 amide bonds. The zero-order valence-electron chi connectivity index (χ0n) is 29.6. The van der Waals surface area contributed by atoms with Gasteiger partial charge in [0.05, 0.1) is 5.56 Å². The van der Waals surface area contributed by atoms with Crippen LogP contribution in [0.3, 0.4) is 0 Å². The second-order valence-electron chi connectivity index (χ2n) is 13.6. The summed E-state index contributed by atoms with van der Waals surface area (Å²) in [6.45, 7) is 8.38. The lowest BCUT2D eigenvalue weighted by atomic mass is 9.83. The van der Waals surface area contributed by atoms with Gasteiger partial charge in [-0.2, -0.15) is 0 Å². The van der Waals surface area contributed by atoms with Gasteiger partial charge in [-0.15, -0.1) is 0 Å². The Morgan fingerprint density at radius 3 is 1.40 bits per heavy atom. The second-order valence-corrected chi connectivity index (χ2v) is 13.6. The molecule has 264 valence electrons. The van der Waals surface area contributed by atoms with Crippen LogP contribution in [0.4, 0.5) is 0 Å². The summed E-state index contributed by atoms with van der Waals surface area (Å²) >= 11 is 0. The van der Waals surface area contributed by atoms with Gasteiger partial charge < -0.3 is 25.5 Å². The maximum atomic E-state index is 11.1. The summed E-state index contributed by atoms with van der Waals surface area (Å²) in [5, 5.41) is 60.9. The number of benzene rings is 9. The highest BCUT2D eigenvalue weighted by molar-refractivity contribution is 6.23. The number of aromatic hydroxyl groups is 5. The molecule has 0 aliphatic rings. The van der Waals surface area contributed by atoms with Crippen molar-refractivity contribution in [1.29, 1.82) is 0 Å². The Balaban J connectivity index is 1.32. The number of phenolic OH excluding ortho intramolecular Hbond substituents is 5. The topological polar surface area (TPSA) is 101 Å². The van der Waals surface area contributed by atoms with Gasteiger partial charge in [-0.05, 0) is 99.7 Å². The van der Waals surface area contributed by atoms with Crippen LogP contribution < -0.4 is 0 Å². The molecule has 9 aromatic rings. The normalized spacial score (nSPS) is 11.4. The number of rotatable bonds is 6. The Morgan fingerprint density at radius 2 is 0.800 bits per heavy atom. The van der Waals surface area contributed by atoms with E-state index in [0.717, 1.165) is 76.8 Å². The summed E-state index contributed by atoms with van der Waals surface area (Å²) < 4.78 is 0. The minimum absolute atomic E-state index is 0.184. The van der Waals surface area contributed by atoms with Gasteiger partial charge in [-0.1, -0.05) is 153 Å². The molecule has 0 radical (unpaired) electrons. The Labute approximate surface area is 316 Å². The first-order valence-electron chi connectivity index (χ1n) is 17.9. The molecular formula is C50H34O5. The summed E-state index contributed by atoms with van der Waals surface area (Å²) in [4.78, 5) is 0. The molecule has 5 N–H and O–H groups in total. The van der Waals surface area contributed by atoms with Crippen LogP contribution in [0, 0.1) is 0 Å². The second kappa shape index (κ2) is 12.9. The van der Waals surface area contributed by atoms with Crippen LogP contribution >= 0.6 is 0 Å². The third-order valence-electron chi connectivity index (χ3n) is 10.8. The first kappa shape index (κ1) is 33.3. The number of fused-ring (bicyclic) bond motifs is 4. The van der Waals surface area contributed by atoms with E-state index in [9.17, 15) is 25.5 Å². The lowest BCUT2D eigenvalue weighted by molar-refractivity contribution is 0.330. The van der Waals surface area contributed by atoms with E-state index < -0.39 is 28.7 Å². The first-order valence-corrected chi connectivity index (χ1v) is 17.9. The van der Waals surface area contributed by atoms with Gasteiger partial charge in [0.15, 0.2) is 11.5 Å². The number of hydrogen-bond acceptors (Lipinski definition) is 5. The van der Waals surface area contributed by atoms with E-state index in [1.54, 1.807) is 0 Å². The van der Waals surface area contributed by atoms with E-state index in [0.29, 0.717) is 16.3 Å². The van der Waals surface area contributed by atoms with Gasteiger partial charge in [0.1, 0.15) is 0 Å². The molecule has 5 heteroatoms. The Hall–Kier alpha value is -7.50. The van der Waals surface area contributed by atoms with Crippen LogP contribution in [-0.2, 0) is 0 Å². The molecule has 0 aliphatic heterocycles. The Morgan fingerprint density at radius 1 is 0.327 bits per heavy atom. The van der Waals surface area contributed by atoms with Crippen LogP contribution in [0.5, 0.6) is 28.7 Å². The van der Waals surface area contributed by atoms with Crippen molar-refractivity contribution in [2.24, 2.45) is 0 Å². The maximum Gasteiger partial charge on any atom is 0.208 e. The first-order chi connectivity index (χ1) is 26.8. The van der Waals surface area contributed by atoms with Crippen molar-refractivity contribution >= 4 is 55.2 Å². The average Bonchev–Trinajstić information content (AvgIpc) is 3.23. The van der Waals surface area contributed by atoms with E-state index in [1.165, 1.54) is 0 Å². The molecular weight excluding hydrogens is 681 g/mol. The van der Waals surface area contributed by atoms with Gasteiger partial charge in [0.2, 0.25) is 17.2 Å². The SMILES string of the molecule is C=Cc1c(-c2ccccc2-c2cccc3ccc(-c4c5ccccc5c(-c5c(O)c(O)c(O)c(O)c5O)c5ccccc45)cc23)cc2ccccc2c1C=C.